The van der Waals surface area contributed by atoms with Crippen molar-refractivity contribution in [3.05, 3.63) is 0 Å². The number of sulfonamides is 1. The fourth-order valence-corrected chi connectivity index (χ4v) is 2.39. The third kappa shape index (κ3) is 8.04. The highest BCUT2D eigenvalue weighted by Crippen LogP contribution is 2.18. The molecule has 5 nitrogen and oxygen atoms in total. The lowest BCUT2D eigenvalue weighted by molar-refractivity contribution is -0.0960. The van der Waals surface area contributed by atoms with Crippen molar-refractivity contribution in [2.75, 3.05) is 26.5 Å². The smallest absolute Gasteiger partial charge is 0.211 e. The van der Waals surface area contributed by atoms with Crippen LogP contribution in [0.1, 0.15) is 27.2 Å². The lowest BCUT2D eigenvalue weighted by Crippen LogP contribution is -2.36. The monoisotopic (exact) mass is 253 g/mol. The molecule has 0 aliphatic heterocycles. The van der Waals surface area contributed by atoms with E-state index in [1.54, 1.807) is 0 Å². The molecular formula is C10H23NO4S. The van der Waals surface area contributed by atoms with Crippen molar-refractivity contribution >= 4 is 10.0 Å². The van der Waals surface area contributed by atoms with E-state index in [9.17, 15) is 8.42 Å². The summed E-state index contributed by atoms with van der Waals surface area (Å²) in [5.41, 5.74) is 0.0106. The zero-order valence-corrected chi connectivity index (χ0v) is 11.6. The Morgan fingerprint density at radius 1 is 1.19 bits per heavy atom. The van der Waals surface area contributed by atoms with Gasteiger partial charge in [0, 0.05) is 14.2 Å². The summed E-state index contributed by atoms with van der Waals surface area (Å²) < 4.78 is 35.4. The SMILES string of the molecule is COC(CNS(=O)(=O)CCC(C)(C)C)OC. The van der Waals surface area contributed by atoms with Gasteiger partial charge in [-0.2, -0.15) is 0 Å². The summed E-state index contributed by atoms with van der Waals surface area (Å²) in [7, 11) is -0.300. The Morgan fingerprint density at radius 2 is 1.69 bits per heavy atom. The second-order valence-electron chi connectivity index (χ2n) is 4.88. The molecule has 0 aliphatic rings. The highest BCUT2D eigenvalue weighted by atomic mass is 32.2. The maximum atomic E-state index is 11.6. The minimum absolute atomic E-state index is 0.0106. The van der Waals surface area contributed by atoms with Crippen LogP contribution in [-0.2, 0) is 19.5 Å². The molecule has 0 spiro atoms. The summed E-state index contributed by atoms with van der Waals surface area (Å²) in [4.78, 5) is 0. The standard InChI is InChI=1S/C10H23NO4S/c1-10(2,3)6-7-16(12,13)11-8-9(14-4)15-5/h9,11H,6-8H2,1-5H3. The van der Waals surface area contributed by atoms with Gasteiger partial charge in [-0.1, -0.05) is 20.8 Å². The third-order valence-corrected chi connectivity index (χ3v) is 3.46. The summed E-state index contributed by atoms with van der Waals surface area (Å²) in [5, 5.41) is 0. The van der Waals surface area contributed by atoms with Crippen LogP contribution in [0, 0.1) is 5.41 Å². The average molecular weight is 253 g/mol. The van der Waals surface area contributed by atoms with Crippen LogP contribution in [0.15, 0.2) is 0 Å². The van der Waals surface area contributed by atoms with Crippen LogP contribution in [0.25, 0.3) is 0 Å². The average Bonchev–Trinajstić information content (AvgIpc) is 2.16. The minimum Gasteiger partial charge on any atom is -0.355 e. The maximum Gasteiger partial charge on any atom is 0.211 e. The predicted octanol–water partition coefficient (Wildman–Crippen LogP) is 0.961. The second-order valence-corrected chi connectivity index (χ2v) is 6.81. The number of rotatable bonds is 7. The molecule has 0 saturated carbocycles. The topological polar surface area (TPSA) is 64.6 Å². The van der Waals surface area contributed by atoms with Crippen molar-refractivity contribution in [1.82, 2.24) is 4.72 Å². The van der Waals surface area contributed by atoms with Gasteiger partial charge in [-0.3, -0.25) is 0 Å². The largest absolute Gasteiger partial charge is 0.355 e. The maximum absolute atomic E-state index is 11.6. The first-order chi connectivity index (χ1) is 7.20. The molecule has 0 atom stereocenters. The molecule has 16 heavy (non-hydrogen) atoms. The van der Waals surface area contributed by atoms with Crippen LogP contribution in [0.5, 0.6) is 0 Å². The molecule has 0 saturated heterocycles. The van der Waals surface area contributed by atoms with Crippen molar-refractivity contribution in [1.29, 1.82) is 0 Å². The van der Waals surface area contributed by atoms with Crippen LogP contribution < -0.4 is 4.72 Å². The summed E-state index contributed by atoms with van der Waals surface area (Å²) >= 11 is 0. The summed E-state index contributed by atoms with van der Waals surface area (Å²) in [6.07, 6.45) is 0.0804. The van der Waals surface area contributed by atoms with E-state index in [2.05, 4.69) is 4.72 Å². The first-order valence-corrected chi connectivity index (χ1v) is 6.88. The van der Waals surface area contributed by atoms with E-state index in [0.29, 0.717) is 6.42 Å². The first-order valence-electron chi connectivity index (χ1n) is 5.23. The van der Waals surface area contributed by atoms with E-state index in [-0.39, 0.29) is 17.7 Å². The van der Waals surface area contributed by atoms with Crippen LogP contribution in [-0.4, -0.2) is 41.2 Å². The molecule has 0 unspecified atom stereocenters. The van der Waals surface area contributed by atoms with Crippen molar-refractivity contribution in [3.8, 4) is 0 Å². The van der Waals surface area contributed by atoms with Gasteiger partial charge in [-0.25, -0.2) is 13.1 Å². The summed E-state index contributed by atoms with van der Waals surface area (Å²) in [6, 6.07) is 0. The highest BCUT2D eigenvalue weighted by Gasteiger charge is 2.18. The lowest BCUT2D eigenvalue weighted by Gasteiger charge is -2.19. The van der Waals surface area contributed by atoms with Crippen LogP contribution >= 0.6 is 0 Å². The Hall–Kier alpha value is -0.170. The first kappa shape index (κ1) is 15.8. The van der Waals surface area contributed by atoms with Gasteiger partial charge in [0.05, 0.1) is 12.3 Å². The molecule has 0 aliphatic carbocycles. The Labute approximate surface area is 98.6 Å². The normalized spacial score (nSPS) is 13.4. The summed E-state index contributed by atoms with van der Waals surface area (Å²) in [6.45, 7) is 6.17. The van der Waals surface area contributed by atoms with Gasteiger partial charge in [0.1, 0.15) is 0 Å². The fourth-order valence-electron chi connectivity index (χ4n) is 0.971. The van der Waals surface area contributed by atoms with E-state index in [4.69, 9.17) is 9.47 Å². The van der Waals surface area contributed by atoms with Gasteiger partial charge in [0.2, 0.25) is 10.0 Å². The zero-order valence-electron chi connectivity index (χ0n) is 10.7. The van der Waals surface area contributed by atoms with E-state index < -0.39 is 16.3 Å². The number of hydrogen-bond donors (Lipinski definition) is 1. The predicted molar refractivity (Wildman–Crippen MR) is 63.7 cm³/mol. The Morgan fingerprint density at radius 3 is 2.06 bits per heavy atom. The van der Waals surface area contributed by atoms with Crippen molar-refractivity contribution < 1.29 is 17.9 Å². The molecule has 1 N–H and O–H groups in total. The Kier molecular flexibility index (Phi) is 6.47. The molecule has 0 aromatic carbocycles. The van der Waals surface area contributed by atoms with E-state index >= 15 is 0 Å². The molecule has 0 radical (unpaired) electrons. The quantitative estimate of drug-likeness (QED) is 0.686. The molecule has 0 aromatic heterocycles. The molecule has 0 heterocycles. The number of hydrogen-bond acceptors (Lipinski definition) is 4. The third-order valence-electron chi connectivity index (χ3n) is 2.12. The van der Waals surface area contributed by atoms with Crippen molar-refractivity contribution in [2.24, 2.45) is 5.41 Å². The van der Waals surface area contributed by atoms with Crippen molar-refractivity contribution in [2.45, 2.75) is 33.5 Å². The number of nitrogens with one attached hydrogen (secondary N) is 1. The molecule has 0 aromatic rings. The van der Waals surface area contributed by atoms with Gasteiger partial charge in [0.25, 0.3) is 0 Å². The molecule has 0 bridgehead atoms. The van der Waals surface area contributed by atoms with Gasteiger partial charge in [-0.15, -0.1) is 0 Å². The molecule has 98 valence electrons. The number of methoxy groups -OCH3 is 2. The van der Waals surface area contributed by atoms with Crippen LogP contribution in [0.2, 0.25) is 0 Å². The summed E-state index contributed by atoms with van der Waals surface area (Å²) in [5.74, 6) is 0.122. The molecular weight excluding hydrogens is 230 g/mol. The van der Waals surface area contributed by atoms with Gasteiger partial charge in [0.15, 0.2) is 6.29 Å². The molecule has 0 fully saturated rings. The number of ether oxygens (including phenoxy) is 2. The second kappa shape index (κ2) is 6.54. The zero-order chi connectivity index (χ0) is 12.8. The molecule has 0 amide bonds. The Bertz CT molecular complexity index is 278. The van der Waals surface area contributed by atoms with E-state index in [1.807, 2.05) is 20.8 Å². The van der Waals surface area contributed by atoms with Gasteiger partial charge < -0.3 is 9.47 Å². The Balaban J connectivity index is 4.06. The van der Waals surface area contributed by atoms with Gasteiger partial charge >= 0.3 is 0 Å². The fraction of sp³-hybridized carbons (Fsp3) is 1.00. The van der Waals surface area contributed by atoms with E-state index in [0.717, 1.165) is 0 Å². The lowest BCUT2D eigenvalue weighted by atomic mass is 9.94. The van der Waals surface area contributed by atoms with E-state index in [1.165, 1.54) is 14.2 Å². The highest BCUT2D eigenvalue weighted by molar-refractivity contribution is 7.89. The van der Waals surface area contributed by atoms with Gasteiger partial charge in [-0.05, 0) is 11.8 Å². The van der Waals surface area contributed by atoms with Crippen molar-refractivity contribution in [3.63, 3.8) is 0 Å². The minimum atomic E-state index is -3.24. The molecule has 6 heteroatoms. The van der Waals surface area contributed by atoms with Crippen LogP contribution in [0.3, 0.4) is 0 Å². The molecule has 0 rings (SSSR count). The van der Waals surface area contributed by atoms with Crippen LogP contribution in [0.4, 0.5) is 0 Å².